The van der Waals surface area contributed by atoms with Crippen molar-refractivity contribution in [3.8, 4) is 62.9 Å². The standard InChI is InChI=1S/C32H29F4N7O3.C32H32F2N8O3.C32H32F2N8O2/c1-3-23(44)41-12-13-42(16(2)15-41)28-20-14-22(34)26(19-6-4-5-7-21(19)33)37-29(20)43(32(45)40-28)27-24(17-8-9-17)38-31(46-30(35)36)39-25(27)18-10-11-18;1-4-23(43)40-12-13-41(16(2)15-40)29-19-14-21(34)27(24-20(33)6-5-7-22(24)35)36-30(19)42(32(44)39-29)28-25(17-8-9-17)37-31(45-3)38-26(28)18-10-11-18;1-7-24(43)40-12-13-41(18(4)15-40)29-21-14-23(34)27(20-10-8-9-11-22(20)33)37-30(21)42(32(44)38-29)28-19(5)26-31(39(6)16-35-26)36-25(28)17(2)3/h3-7,14,16-18,30H,1,8-13,15H2,2H3;4-7,14,16-18H,1,8-13,15,35H2,2-3H3;7-11,14,16-18H,1,12-13,15H2,2-6H3/t2*16-;18-/m000/s1. The van der Waals surface area contributed by atoms with Gasteiger partial charge in [0.25, 0.3) is 0 Å². The topological polar surface area (TPSA) is 341 Å². The van der Waals surface area contributed by atoms with Crippen molar-refractivity contribution in [1.82, 2.24) is 92.8 Å². The van der Waals surface area contributed by atoms with Gasteiger partial charge in [0.2, 0.25) is 17.7 Å². The average Bonchev–Trinajstić information content (AvgIpc) is 1.17. The van der Waals surface area contributed by atoms with E-state index < -0.39 is 64.6 Å². The zero-order valence-corrected chi connectivity index (χ0v) is 74.9. The van der Waals surface area contributed by atoms with E-state index in [4.69, 9.17) is 15.5 Å². The third kappa shape index (κ3) is 17.1. The molecule has 13 aromatic rings. The minimum absolute atomic E-state index is 0.00526. The van der Waals surface area contributed by atoms with E-state index in [9.17, 15) is 46.3 Å². The maximum atomic E-state index is 16.1. The minimum atomic E-state index is -3.15. The molecule has 10 aromatic heterocycles. The fourth-order valence-electron chi connectivity index (χ4n) is 18.2. The number of hydrogen-bond donors (Lipinski definition) is 1. The number of rotatable bonds is 20. The van der Waals surface area contributed by atoms with Crippen LogP contribution in [0.3, 0.4) is 0 Å². The fourth-order valence-corrected chi connectivity index (χ4v) is 18.2. The first-order valence-electron chi connectivity index (χ1n) is 44.5. The lowest BCUT2D eigenvalue weighted by molar-refractivity contribution is -0.127. The van der Waals surface area contributed by atoms with Crippen molar-refractivity contribution in [2.75, 3.05) is 86.4 Å². The van der Waals surface area contributed by atoms with Gasteiger partial charge in [0.15, 0.2) is 28.4 Å². The summed E-state index contributed by atoms with van der Waals surface area (Å²) in [5, 5.41) is 0.692. The van der Waals surface area contributed by atoms with Gasteiger partial charge < -0.3 is 49.2 Å². The molecule has 3 aromatic carbocycles. The molecule has 7 aliphatic rings. The summed E-state index contributed by atoms with van der Waals surface area (Å²) in [7, 11) is 3.34. The second-order valence-corrected chi connectivity index (χ2v) is 35.1. The molecule has 2 N–H and O–H groups in total. The number of aromatic nitrogens is 16. The van der Waals surface area contributed by atoms with E-state index in [1.165, 1.54) is 112 Å². The Bertz CT molecular complexity index is 7170. The van der Waals surface area contributed by atoms with E-state index in [2.05, 4.69) is 79.3 Å². The number of aryl methyl sites for hydroxylation is 2. The number of imidazole rings is 1. The van der Waals surface area contributed by atoms with Crippen LogP contribution in [0.25, 0.3) is 95.1 Å². The normalized spacial score (nSPS) is 17.4. The van der Waals surface area contributed by atoms with Gasteiger partial charge in [-0.3, -0.25) is 14.4 Å². The third-order valence-corrected chi connectivity index (χ3v) is 25.5. The van der Waals surface area contributed by atoms with Crippen molar-refractivity contribution in [2.24, 2.45) is 7.05 Å². The van der Waals surface area contributed by atoms with Crippen LogP contribution in [0.4, 0.5) is 58.3 Å². The lowest BCUT2D eigenvalue weighted by Crippen LogP contribution is -2.54. The van der Waals surface area contributed by atoms with Gasteiger partial charge in [-0.2, -0.15) is 43.7 Å². The second kappa shape index (κ2) is 36.3. The van der Waals surface area contributed by atoms with Crippen LogP contribution < -0.4 is 47.0 Å². The Kier molecular flexibility index (Phi) is 24.4. The van der Waals surface area contributed by atoms with E-state index in [0.29, 0.717) is 135 Å². The molecular weight excluding hydrogens is 1760 g/mol. The van der Waals surface area contributed by atoms with Gasteiger partial charge in [0, 0.05) is 130 Å². The number of benzene rings is 3. The van der Waals surface area contributed by atoms with Crippen LogP contribution in [-0.2, 0) is 21.4 Å². The first-order valence-corrected chi connectivity index (χ1v) is 44.5. The van der Waals surface area contributed by atoms with Crippen molar-refractivity contribution in [3.05, 3.63) is 230 Å². The molecule has 0 spiro atoms. The number of amides is 3. The van der Waals surface area contributed by atoms with E-state index in [0.717, 1.165) is 25.7 Å². The molecule has 20 rings (SSSR count). The summed E-state index contributed by atoms with van der Waals surface area (Å²) in [6.45, 7) is 22.0. The highest BCUT2D eigenvalue weighted by Crippen LogP contribution is 2.52. The number of nitrogens with two attached hydrogens (primary N) is 1. The molecule has 4 aliphatic carbocycles. The van der Waals surface area contributed by atoms with Crippen LogP contribution in [-0.4, -0.2) is 201 Å². The molecule has 3 atom stereocenters. The number of halogens is 8. The number of methoxy groups -OCH3 is 1. The number of anilines is 4. The van der Waals surface area contributed by atoms with Gasteiger partial charge >= 0.3 is 35.7 Å². The van der Waals surface area contributed by atoms with Gasteiger partial charge in [-0.15, -0.1) is 0 Å². The Morgan fingerprint density at radius 2 is 0.822 bits per heavy atom. The summed E-state index contributed by atoms with van der Waals surface area (Å²) in [4.78, 5) is 145. The van der Waals surface area contributed by atoms with Crippen molar-refractivity contribution >= 4 is 85.1 Å². The highest BCUT2D eigenvalue weighted by Gasteiger charge is 2.43. The van der Waals surface area contributed by atoms with Crippen LogP contribution in [0, 0.1) is 41.8 Å². The molecule has 3 amide bonds. The minimum Gasteiger partial charge on any atom is -0.467 e. The fraction of sp³-hybridized carbons (Fsp3) is 0.354. The molecule has 3 aliphatic heterocycles. The number of pyridine rings is 4. The summed E-state index contributed by atoms with van der Waals surface area (Å²) in [6, 6.07) is 18.0. The molecule has 3 saturated heterocycles. The predicted octanol–water partition coefficient (Wildman–Crippen LogP) is 13.8. The molecule has 0 bridgehead atoms. The van der Waals surface area contributed by atoms with E-state index in [1.54, 1.807) is 33.2 Å². The molecule has 39 heteroatoms. The zero-order chi connectivity index (χ0) is 95.3. The van der Waals surface area contributed by atoms with Gasteiger partial charge in [0.1, 0.15) is 69.1 Å². The van der Waals surface area contributed by atoms with E-state index in [1.807, 2.05) is 67.9 Å². The number of nitrogen functional groups attached to an aromatic ring is 1. The number of hydrogen-bond acceptors (Lipinski definition) is 24. The van der Waals surface area contributed by atoms with Crippen LogP contribution in [0.1, 0.15) is 150 Å². The largest absolute Gasteiger partial charge is 0.467 e. The monoisotopic (exact) mass is 1850 g/mol. The summed E-state index contributed by atoms with van der Waals surface area (Å²) in [6.07, 6.45) is 11.7. The van der Waals surface area contributed by atoms with E-state index >= 15 is 17.6 Å². The number of carbonyl (C=O) groups is 3. The average molecular weight is 1850 g/mol. The zero-order valence-electron chi connectivity index (χ0n) is 74.9. The Balaban J connectivity index is 0.000000135. The highest BCUT2D eigenvalue weighted by atomic mass is 19.3. The SMILES string of the molecule is C=CC(=O)N1CCN(c2nc(=O)n(-c3c(C(C)C)nc4c(ncn4C)c3C)c3nc(-c4ccccc4F)c(F)cc23)[C@@H](C)C1.C=CC(=O)N1CCN(c2nc(=O)n(-c3c(C4CC4)nc(OC(F)F)nc3C3CC3)c3nc(-c4ccccc4F)c(F)cc23)[C@@H](C)C1.C=CC(=O)N1CCN(c2nc(=O)n(-c3c(C4CC4)nc(OC)nc3C3CC3)c3nc(-c4c(N)cccc4F)c(F)cc23)[C@@H](C)C1. The van der Waals surface area contributed by atoms with Crippen LogP contribution in [0.2, 0.25) is 0 Å². The van der Waals surface area contributed by atoms with Crippen LogP contribution in [0.5, 0.6) is 12.0 Å². The molecule has 0 radical (unpaired) electrons. The number of fused-ring (bicyclic) bond motifs is 4. The van der Waals surface area contributed by atoms with Crippen molar-refractivity contribution in [1.29, 1.82) is 0 Å². The number of carbonyl (C=O) groups excluding carboxylic acids is 3. The Labute approximate surface area is 766 Å². The predicted molar refractivity (Wildman–Crippen MR) is 490 cm³/mol. The molecule has 7 fully saturated rings. The molecule has 0 unspecified atom stereocenters. The molecule has 13 heterocycles. The van der Waals surface area contributed by atoms with Crippen LogP contribution in [0.15, 0.2) is 144 Å². The molecular formula is C96H93F8N23O8. The van der Waals surface area contributed by atoms with Gasteiger partial charge in [-0.1, -0.05) is 63.9 Å². The molecule has 696 valence electrons. The van der Waals surface area contributed by atoms with Gasteiger partial charge in [-0.25, -0.2) is 79.3 Å². The Hall–Kier alpha value is -14.8. The van der Waals surface area contributed by atoms with Gasteiger partial charge in [0.05, 0.1) is 80.7 Å². The maximum absolute atomic E-state index is 16.1. The third-order valence-electron chi connectivity index (χ3n) is 25.5. The van der Waals surface area contributed by atoms with Crippen LogP contribution >= 0.6 is 0 Å². The first-order chi connectivity index (χ1) is 64.8. The molecule has 4 saturated carbocycles. The number of ether oxygens (including phenoxy) is 2. The first kappa shape index (κ1) is 90.7. The smallest absolute Gasteiger partial charge is 0.389 e. The maximum Gasteiger partial charge on any atom is 0.389 e. The highest BCUT2D eigenvalue weighted by molar-refractivity contribution is 5.96. The summed E-state index contributed by atoms with van der Waals surface area (Å²) in [5.41, 5.74) is 8.73. The van der Waals surface area contributed by atoms with E-state index in [-0.39, 0.29) is 174 Å². The Morgan fingerprint density at radius 1 is 0.459 bits per heavy atom. The summed E-state index contributed by atoms with van der Waals surface area (Å²) >= 11 is 0. The summed E-state index contributed by atoms with van der Waals surface area (Å²) < 4.78 is 135. The number of nitrogens with zero attached hydrogens (tertiary/aromatic N) is 22. The lowest BCUT2D eigenvalue weighted by Gasteiger charge is -2.40. The molecule has 135 heavy (non-hydrogen) atoms. The lowest BCUT2D eigenvalue weighted by atomic mass is 10.0. The Morgan fingerprint density at radius 3 is 1.17 bits per heavy atom. The van der Waals surface area contributed by atoms with Crippen molar-refractivity contribution in [3.63, 3.8) is 0 Å². The molecule has 31 nitrogen and oxygen atoms in total. The quantitative estimate of drug-likeness (QED) is 0.0421. The van der Waals surface area contributed by atoms with Gasteiger partial charge in [-0.05, 0) is 158 Å². The van der Waals surface area contributed by atoms with Crippen molar-refractivity contribution < 1.29 is 59.0 Å². The second-order valence-electron chi connectivity index (χ2n) is 35.1. The summed E-state index contributed by atoms with van der Waals surface area (Å²) in [5.74, 6) is -4.80. The number of alkyl halides is 2. The number of piperazine rings is 3. The van der Waals surface area contributed by atoms with Crippen molar-refractivity contribution in [2.45, 2.75) is 147 Å².